The van der Waals surface area contributed by atoms with E-state index in [-0.39, 0.29) is 11.9 Å². The van der Waals surface area contributed by atoms with E-state index in [9.17, 15) is 4.79 Å². The summed E-state index contributed by atoms with van der Waals surface area (Å²) in [7, 11) is 1.58. The fraction of sp³-hybridized carbons (Fsp3) is 0.400. The van der Waals surface area contributed by atoms with Gasteiger partial charge in [0.1, 0.15) is 0 Å². The van der Waals surface area contributed by atoms with Gasteiger partial charge < -0.3 is 9.47 Å². The van der Waals surface area contributed by atoms with Crippen LogP contribution < -0.4 is 9.47 Å². The van der Waals surface area contributed by atoms with E-state index < -0.39 is 0 Å². The summed E-state index contributed by atoms with van der Waals surface area (Å²) in [5.41, 5.74) is 1.55. The highest BCUT2D eigenvalue weighted by Crippen LogP contribution is 2.44. The molecule has 96 valence electrons. The van der Waals surface area contributed by atoms with Crippen LogP contribution in [0, 0.1) is 0 Å². The van der Waals surface area contributed by atoms with Gasteiger partial charge in [-0.3, -0.25) is 0 Å². The monoisotopic (exact) mass is 246 g/mol. The predicted octanol–water partition coefficient (Wildman–Crippen LogP) is 3.44. The Morgan fingerprint density at radius 3 is 2.89 bits per heavy atom. The van der Waals surface area contributed by atoms with Crippen molar-refractivity contribution < 1.29 is 14.3 Å². The Kier molecular flexibility index (Phi) is 3.70. The molecule has 3 nitrogen and oxygen atoms in total. The minimum Gasteiger partial charge on any atom is -0.493 e. The normalized spacial score (nSPS) is 18.2. The van der Waals surface area contributed by atoms with Crippen LogP contribution in [0.2, 0.25) is 0 Å². The van der Waals surface area contributed by atoms with Gasteiger partial charge >= 0.3 is 5.97 Å². The van der Waals surface area contributed by atoms with E-state index >= 15 is 0 Å². The third kappa shape index (κ3) is 2.13. The van der Waals surface area contributed by atoms with Crippen LogP contribution >= 0.6 is 0 Å². The van der Waals surface area contributed by atoms with Crippen molar-refractivity contribution in [3.05, 3.63) is 35.9 Å². The topological polar surface area (TPSA) is 35.5 Å². The standard InChI is InChI=1S/C15H18O3/c1-4-5-7-11-10(2)15(16)18-14-12(11)8-6-9-13(14)17-3/h6,8-9,11H,2,4-5,7H2,1,3H3. The average molecular weight is 246 g/mol. The summed E-state index contributed by atoms with van der Waals surface area (Å²) < 4.78 is 10.6. The van der Waals surface area contributed by atoms with Gasteiger partial charge in [-0.1, -0.05) is 38.5 Å². The van der Waals surface area contributed by atoms with E-state index in [2.05, 4.69) is 13.5 Å². The molecule has 1 unspecified atom stereocenters. The van der Waals surface area contributed by atoms with Crippen molar-refractivity contribution in [2.24, 2.45) is 0 Å². The molecule has 0 aromatic heterocycles. The van der Waals surface area contributed by atoms with E-state index in [1.165, 1.54) is 0 Å². The molecule has 1 aromatic rings. The van der Waals surface area contributed by atoms with E-state index in [4.69, 9.17) is 9.47 Å². The van der Waals surface area contributed by atoms with Crippen molar-refractivity contribution >= 4 is 5.97 Å². The first-order valence-corrected chi connectivity index (χ1v) is 6.27. The zero-order valence-corrected chi connectivity index (χ0v) is 10.9. The van der Waals surface area contributed by atoms with E-state index in [1.54, 1.807) is 13.2 Å². The molecular formula is C15H18O3. The number of unbranched alkanes of at least 4 members (excludes halogenated alkanes) is 1. The maximum absolute atomic E-state index is 11.8. The van der Waals surface area contributed by atoms with Crippen molar-refractivity contribution in [3.63, 3.8) is 0 Å². The van der Waals surface area contributed by atoms with Crippen LogP contribution in [0.4, 0.5) is 0 Å². The second-order valence-electron chi connectivity index (χ2n) is 4.49. The van der Waals surface area contributed by atoms with Crippen molar-refractivity contribution in [1.82, 2.24) is 0 Å². The number of hydrogen-bond acceptors (Lipinski definition) is 3. The minimum absolute atomic E-state index is 0.0521. The van der Waals surface area contributed by atoms with Gasteiger partial charge in [0.25, 0.3) is 0 Å². The Bertz CT molecular complexity index is 477. The zero-order valence-electron chi connectivity index (χ0n) is 10.9. The molecule has 2 rings (SSSR count). The van der Waals surface area contributed by atoms with Gasteiger partial charge in [0.15, 0.2) is 11.5 Å². The second kappa shape index (κ2) is 5.25. The van der Waals surface area contributed by atoms with Gasteiger partial charge in [-0.05, 0) is 12.5 Å². The molecule has 18 heavy (non-hydrogen) atoms. The number of methoxy groups -OCH3 is 1. The van der Waals surface area contributed by atoms with E-state index in [0.717, 1.165) is 24.8 Å². The van der Waals surface area contributed by atoms with Crippen LogP contribution in [0.1, 0.15) is 37.7 Å². The Balaban J connectivity index is 2.43. The molecule has 1 aliphatic heterocycles. The maximum atomic E-state index is 11.8. The number of rotatable bonds is 4. The minimum atomic E-state index is -0.340. The van der Waals surface area contributed by atoms with Gasteiger partial charge in [-0.25, -0.2) is 4.79 Å². The first kappa shape index (κ1) is 12.7. The second-order valence-corrected chi connectivity index (χ2v) is 4.49. The molecule has 0 saturated heterocycles. The molecular weight excluding hydrogens is 228 g/mol. The lowest BCUT2D eigenvalue weighted by atomic mass is 9.85. The quantitative estimate of drug-likeness (QED) is 0.464. The number of hydrogen-bond donors (Lipinski definition) is 0. The van der Waals surface area contributed by atoms with Gasteiger partial charge in [0.2, 0.25) is 0 Å². The summed E-state index contributed by atoms with van der Waals surface area (Å²) in [5.74, 6) is 0.873. The van der Waals surface area contributed by atoms with Crippen LogP contribution in [0.15, 0.2) is 30.4 Å². The summed E-state index contributed by atoms with van der Waals surface area (Å²) >= 11 is 0. The average Bonchev–Trinajstić information content (AvgIpc) is 2.39. The lowest BCUT2D eigenvalue weighted by Crippen LogP contribution is -2.23. The van der Waals surface area contributed by atoms with Crippen LogP contribution in [-0.4, -0.2) is 13.1 Å². The summed E-state index contributed by atoms with van der Waals surface area (Å²) in [6, 6.07) is 5.70. The van der Waals surface area contributed by atoms with Gasteiger partial charge in [0, 0.05) is 17.1 Å². The first-order chi connectivity index (χ1) is 8.69. The molecule has 0 aliphatic carbocycles. The number of ether oxygens (including phenoxy) is 2. The number of carbonyl (C=O) groups excluding carboxylic acids is 1. The van der Waals surface area contributed by atoms with Gasteiger partial charge in [-0.2, -0.15) is 0 Å². The molecule has 3 heteroatoms. The number of carbonyl (C=O) groups is 1. The predicted molar refractivity (Wildman–Crippen MR) is 70.0 cm³/mol. The van der Waals surface area contributed by atoms with Crippen LogP contribution in [-0.2, 0) is 4.79 Å². The van der Waals surface area contributed by atoms with Crippen LogP contribution in [0.3, 0.4) is 0 Å². The zero-order chi connectivity index (χ0) is 13.1. The fourth-order valence-corrected chi connectivity index (χ4v) is 2.30. The van der Waals surface area contributed by atoms with Crippen LogP contribution in [0.25, 0.3) is 0 Å². The Morgan fingerprint density at radius 1 is 1.44 bits per heavy atom. The smallest absolute Gasteiger partial charge is 0.339 e. The Hall–Kier alpha value is -1.77. The summed E-state index contributed by atoms with van der Waals surface area (Å²) in [4.78, 5) is 11.8. The molecule has 1 aliphatic rings. The molecule has 0 fully saturated rings. The third-order valence-electron chi connectivity index (χ3n) is 3.33. The summed E-state index contributed by atoms with van der Waals surface area (Å²) in [6.45, 7) is 6.00. The number of benzene rings is 1. The van der Waals surface area contributed by atoms with E-state index in [1.807, 2.05) is 12.1 Å². The molecule has 0 saturated carbocycles. The largest absolute Gasteiger partial charge is 0.493 e. The van der Waals surface area contributed by atoms with Crippen molar-refractivity contribution in [2.45, 2.75) is 32.1 Å². The molecule has 0 radical (unpaired) electrons. The van der Waals surface area contributed by atoms with Gasteiger partial charge in [-0.15, -0.1) is 0 Å². The summed E-state index contributed by atoms with van der Waals surface area (Å²) in [5, 5.41) is 0. The number of fused-ring (bicyclic) bond motifs is 1. The fourth-order valence-electron chi connectivity index (χ4n) is 2.30. The molecule has 1 heterocycles. The first-order valence-electron chi connectivity index (χ1n) is 6.27. The SMILES string of the molecule is C=C1C(=O)Oc2c(OC)cccc2C1CCCC. The molecule has 0 N–H and O–H groups in total. The molecule has 1 atom stereocenters. The Morgan fingerprint density at radius 2 is 2.22 bits per heavy atom. The van der Waals surface area contributed by atoms with Crippen molar-refractivity contribution in [1.29, 1.82) is 0 Å². The highest BCUT2D eigenvalue weighted by atomic mass is 16.6. The maximum Gasteiger partial charge on any atom is 0.339 e. The van der Waals surface area contributed by atoms with E-state index in [0.29, 0.717) is 17.1 Å². The lowest BCUT2D eigenvalue weighted by molar-refractivity contribution is -0.131. The third-order valence-corrected chi connectivity index (χ3v) is 3.33. The van der Waals surface area contributed by atoms with Crippen LogP contribution in [0.5, 0.6) is 11.5 Å². The van der Waals surface area contributed by atoms with Gasteiger partial charge in [0.05, 0.1) is 7.11 Å². The number of esters is 1. The molecule has 0 amide bonds. The number of para-hydroxylation sites is 1. The Labute approximate surface area is 107 Å². The molecule has 0 spiro atoms. The molecule has 1 aromatic carbocycles. The highest BCUT2D eigenvalue weighted by Gasteiger charge is 2.32. The highest BCUT2D eigenvalue weighted by molar-refractivity contribution is 5.94. The molecule has 0 bridgehead atoms. The van der Waals surface area contributed by atoms with Crippen molar-refractivity contribution in [2.75, 3.05) is 7.11 Å². The lowest BCUT2D eigenvalue weighted by Gasteiger charge is -2.27. The van der Waals surface area contributed by atoms with Crippen molar-refractivity contribution in [3.8, 4) is 11.5 Å². The summed E-state index contributed by atoms with van der Waals surface area (Å²) in [6.07, 6.45) is 3.08.